The van der Waals surface area contributed by atoms with Crippen LogP contribution in [-0.4, -0.2) is 14.5 Å². The Bertz CT molecular complexity index is 416. The van der Waals surface area contributed by atoms with Crippen molar-refractivity contribution in [1.82, 2.24) is 14.5 Å². The highest BCUT2D eigenvalue weighted by Crippen LogP contribution is 1.99. The first-order valence-corrected chi connectivity index (χ1v) is 3.55. The van der Waals surface area contributed by atoms with Gasteiger partial charge >= 0.3 is 5.69 Å². The minimum absolute atomic E-state index is 0.332. The molecule has 2 aromatic heterocycles. The van der Waals surface area contributed by atoms with Gasteiger partial charge in [0.05, 0.1) is 0 Å². The third-order valence-electron chi connectivity index (χ3n) is 1.54. The van der Waals surface area contributed by atoms with E-state index in [9.17, 15) is 4.79 Å². The summed E-state index contributed by atoms with van der Waals surface area (Å²) < 4.78 is 1.81. The van der Waals surface area contributed by atoms with Crippen molar-refractivity contribution in [3.8, 4) is 5.82 Å². The van der Waals surface area contributed by atoms with Crippen LogP contribution in [0.15, 0.2) is 41.6 Å². The minimum Gasteiger partial charge on any atom is -0.310 e. The summed E-state index contributed by atoms with van der Waals surface area (Å²) >= 11 is 0. The quantitative estimate of drug-likeness (QED) is 0.664. The van der Waals surface area contributed by atoms with Gasteiger partial charge in [0.1, 0.15) is 5.82 Å². The van der Waals surface area contributed by atoms with E-state index in [1.54, 1.807) is 6.07 Å². The van der Waals surface area contributed by atoms with Gasteiger partial charge in [0.15, 0.2) is 0 Å². The van der Waals surface area contributed by atoms with Gasteiger partial charge in [0.2, 0.25) is 0 Å². The van der Waals surface area contributed by atoms with E-state index in [1.807, 2.05) is 29.1 Å². The molecule has 0 saturated carbocycles. The molecule has 60 valence electrons. The van der Waals surface area contributed by atoms with Gasteiger partial charge in [-0.05, 0) is 18.2 Å². The summed E-state index contributed by atoms with van der Waals surface area (Å²) in [5.74, 6) is 0.722. The summed E-state index contributed by atoms with van der Waals surface area (Å²) in [4.78, 5) is 16.9. The zero-order chi connectivity index (χ0) is 8.39. The smallest absolute Gasteiger partial charge is 0.310 e. The molecule has 2 heterocycles. The van der Waals surface area contributed by atoms with Crippen molar-refractivity contribution in [3.63, 3.8) is 0 Å². The minimum atomic E-state index is -0.332. The number of hydrogen-bond acceptors (Lipinski definition) is 2. The average molecular weight is 161 g/mol. The molecule has 0 aromatic carbocycles. The number of hydrogen-bond donors (Lipinski definition) is 1. The molecular formula is C8H7N3O. The Balaban J connectivity index is 2.55. The molecule has 0 amide bonds. The van der Waals surface area contributed by atoms with E-state index in [4.69, 9.17) is 0 Å². The maximum atomic E-state index is 10.8. The summed E-state index contributed by atoms with van der Waals surface area (Å²) in [6.45, 7) is 0. The normalized spacial score (nSPS) is 10.0. The molecule has 0 aliphatic rings. The first-order valence-electron chi connectivity index (χ1n) is 3.55. The largest absolute Gasteiger partial charge is 0.346 e. The van der Waals surface area contributed by atoms with E-state index in [0.29, 0.717) is 0 Å². The molecule has 0 saturated heterocycles. The summed E-state index contributed by atoms with van der Waals surface area (Å²) in [6, 6.07) is 5.51. The molecule has 0 aliphatic carbocycles. The molecule has 0 radical (unpaired) electrons. The van der Waals surface area contributed by atoms with Crippen LogP contribution in [0, 0.1) is 0 Å². The third kappa shape index (κ3) is 1.14. The van der Waals surface area contributed by atoms with Gasteiger partial charge < -0.3 is 4.57 Å². The molecular weight excluding hydrogens is 154 g/mol. The lowest BCUT2D eigenvalue weighted by molar-refractivity contribution is 0.950. The van der Waals surface area contributed by atoms with Crippen molar-refractivity contribution in [2.45, 2.75) is 0 Å². The first-order chi connectivity index (χ1) is 5.86. The molecule has 2 rings (SSSR count). The fourth-order valence-electron chi connectivity index (χ4n) is 1.00. The van der Waals surface area contributed by atoms with Gasteiger partial charge in [0.25, 0.3) is 0 Å². The lowest BCUT2D eigenvalue weighted by Crippen LogP contribution is -2.11. The lowest BCUT2D eigenvalue weighted by Gasteiger charge is -1.99. The Morgan fingerprint density at radius 3 is 2.75 bits per heavy atom. The Kier molecular flexibility index (Phi) is 1.51. The topological polar surface area (TPSA) is 50.7 Å². The molecule has 0 spiro atoms. The Hall–Kier alpha value is -1.84. The lowest BCUT2D eigenvalue weighted by atomic mass is 10.6. The Morgan fingerprint density at radius 2 is 2.08 bits per heavy atom. The second-order valence-corrected chi connectivity index (χ2v) is 2.35. The van der Waals surface area contributed by atoms with E-state index in [-0.39, 0.29) is 5.69 Å². The highest BCUT2D eigenvalue weighted by atomic mass is 16.1. The van der Waals surface area contributed by atoms with Gasteiger partial charge in [-0.3, -0.25) is 4.98 Å². The number of nitrogens with one attached hydrogen (secondary N) is 1. The summed E-state index contributed by atoms with van der Waals surface area (Å²) in [7, 11) is 0. The molecule has 0 fully saturated rings. The Morgan fingerprint density at radius 1 is 1.33 bits per heavy atom. The molecule has 2 aromatic rings. The van der Waals surface area contributed by atoms with Crippen LogP contribution in [0.25, 0.3) is 5.82 Å². The first kappa shape index (κ1) is 6.84. The maximum Gasteiger partial charge on any atom is 0.346 e. The van der Waals surface area contributed by atoms with Gasteiger partial charge in [-0.1, -0.05) is 0 Å². The second-order valence-electron chi connectivity index (χ2n) is 2.35. The van der Waals surface area contributed by atoms with Crippen molar-refractivity contribution in [2.24, 2.45) is 0 Å². The highest BCUT2D eigenvalue weighted by molar-refractivity contribution is 5.20. The maximum absolute atomic E-state index is 10.8. The number of nitrogens with zero attached hydrogens (tertiary/aromatic N) is 2. The van der Waals surface area contributed by atoms with Crippen LogP contribution in [0.3, 0.4) is 0 Å². The number of aromatic nitrogens is 3. The predicted octanol–water partition coefficient (Wildman–Crippen LogP) is 0.561. The monoisotopic (exact) mass is 161 g/mol. The van der Waals surface area contributed by atoms with Crippen LogP contribution in [0.4, 0.5) is 0 Å². The molecule has 4 heteroatoms. The third-order valence-corrected chi connectivity index (χ3v) is 1.54. The number of H-pyrrole nitrogens is 1. The molecule has 0 atom stereocenters. The molecule has 0 unspecified atom stereocenters. The zero-order valence-electron chi connectivity index (χ0n) is 6.27. The van der Waals surface area contributed by atoms with Crippen LogP contribution < -0.4 is 5.69 Å². The van der Waals surface area contributed by atoms with Crippen LogP contribution >= 0.6 is 0 Å². The predicted molar refractivity (Wildman–Crippen MR) is 44.2 cm³/mol. The van der Waals surface area contributed by atoms with E-state index in [0.717, 1.165) is 5.82 Å². The van der Waals surface area contributed by atoms with Gasteiger partial charge in [-0.2, -0.15) is 0 Å². The van der Waals surface area contributed by atoms with Crippen LogP contribution in [0.5, 0.6) is 0 Å². The van der Waals surface area contributed by atoms with E-state index in [1.165, 1.54) is 6.20 Å². The fraction of sp³-hybridized carbons (Fsp3) is 0. The summed E-state index contributed by atoms with van der Waals surface area (Å²) in [6.07, 6.45) is 5.19. The summed E-state index contributed by atoms with van der Waals surface area (Å²) in [5, 5.41) is 0. The van der Waals surface area contributed by atoms with Gasteiger partial charge in [0, 0.05) is 18.6 Å². The highest BCUT2D eigenvalue weighted by Gasteiger charge is 1.93. The SMILES string of the molecule is O=c1nccc(-n2cccc2)[nH]1. The van der Waals surface area contributed by atoms with Crippen molar-refractivity contribution in [2.75, 3.05) is 0 Å². The molecule has 0 aliphatic heterocycles. The zero-order valence-corrected chi connectivity index (χ0v) is 6.27. The fourth-order valence-corrected chi connectivity index (χ4v) is 1.00. The Labute approximate surface area is 68.5 Å². The van der Waals surface area contributed by atoms with Crippen molar-refractivity contribution in [1.29, 1.82) is 0 Å². The van der Waals surface area contributed by atoms with Crippen molar-refractivity contribution >= 4 is 0 Å². The molecule has 4 nitrogen and oxygen atoms in total. The van der Waals surface area contributed by atoms with E-state index in [2.05, 4.69) is 9.97 Å². The standard InChI is InChI=1S/C8H7N3O/c12-8-9-4-3-7(10-8)11-5-1-2-6-11/h1-6H,(H,9,10,12). The molecule has 12 heavy (non-hydrogen) atoms. The van der Waals surface area contributed by atoms with Crippen LogP contribution in [-0.2, 0) is 0 Å². The number of aromatic amines is 1. The summed E-state index contributed by atoms with van der Waals surface area (Å²) in [5.41, 5.74) is -0.332. The average Bonchev–Trinajstić information content (AvgIpc) is 2.56. The van der Waals surface area contributed by atoms with Crippen molar-refractivity contribution < 1.29 is 0 Å². The molecule has 1 N–H and O–H groups in total. The van der Waals surface area contributed by atoms with Crippen molar-refractivity contribution in [3.05, 3.63) is 47.3 Å². The van der Waals surface area contributed by atoms with Crippen LogP contribution in [0.1, 0.15) is 0 Å². The van der Waals surface area contributed by atoms with Crippen LogP contribution in [0.2, 0.25) is 0 Å². The number of rotatable bonds is 1. The molecule has 0 bridgehead atoms. The van der Waals surface area contributed by atoms with E-state index >= 15 is 0 Å². The van der Waals surface area contributed by atoms with E-state index < -0.39 is 0 Å². The second kappa shape index (κ2) is 2.65. The van der Waals surface area contributed by atoms with Gasteiger partial charge in [-0.25, -0.2) is 9.78 Å². The van der Waals surface area contributed by atoms with Gasteiger partial charge in [-0.15, -0.1) is 0 Å².